The number of hydrogen-bond acceptors (Lipinski definition) is 3. The molecule has 0 fully saturated rings. The van der Waals surface area contributed by atoms with Gasteiger partial charge in [-0.3, -0.25) is 4.79 Å². The smallest absolute Gasteiger partial charge is 0.262 e. The first kappa shape index (κ1) is 16.8. The molecule has 2 heterocycles. The molecular formula is C24H21N3O. The number of fused-ring (bicyclic) bond motifs is 1. The first-order chi connectivity index (χ1) is 13.7. The minimum absolute atomic E-state index is 0.0204. The van der Waals surface area contributed by atoms with Gasteiger partial charge in [0.25, 0.3) is 5.91 Å². The molecule has 3 aromatic carbocycles. The number of para-hydroxylation sites is 2. The van der Waals surface area contributed by atoms with Gasteiger partial charge in [-0.1, -0.05) is 66.7 Å². The Hall–Kier alpha value is -3.40. The zero-order valence-electron chi connectivity index (χ0n) is 15.7. The molecular weight excluding hydrogens is 346 g/mol. The van der Waals surface area contributed by atoms with Gasteiger partial charge in [0.05, 0.1) is 17.4 Å². The zero-order valence-corrected chi connectivity index (χ0v) is 15.7. The van der Waals surface area contributed by atoms with Crippen LogP contribution in [0.4, 0.5) is 11.4 Å². The maximum Gasteiger partial charge on any atom is 0.262 e. The summed E-state index contributed by atoms with van der Waals surface area (Å²) >= 11 is 0. The standard InChI is InChI=1S/C24H21N3O/c1-17-24(23(28)27(26-17)20-13-6-3-7-14-20)16-19-12-8-9-15-21(19)25-22(24)18-10-4-2-5-11-18/h2-15,22,25H,16H2,1H3. The minimum atomic E-state index is -0.744. The van der Waals surface area contributed by atoms with Crippen LogP contribution in [0.5, 0.6) is 0 Å². The molecule has 0 radical (unpaired) electrons. The van der Waals surface area contributed by atoms with Gasteiger partial charge in [0.2, 0.25) is 0 Å². The van der Waals surface area contributed by atoms with E-state index < -0.39 is 5.41 Å². The van der Waals surface area contributed by atoms with Crippen molar-refractivity contribution in [1.82, 2.24) is 0 Å². The van der Waals surface area contributed by atoms with Crippen molar-refractivity contribution in [2.75, 3.05) is 10.3 Å². The summed E-state index contributed by atoms with van der Waals surface area (Å²) in [6.45, 7) is 1.98. The molecule has 0 bridgehead atoms. The number of carbonyl (C=O) groups is 1. The third-order valence-corrected chi connectivity index (χ3v) is 5.88. The van der Waals surface area contributed by atoms with E-state index in [1.807, 2.05) is 67.6 Å². The van der Waals surface area contributed by atoms with Crippen LogP contribution < -0.4 is 10.3 Å². The molecule has 0 saturated carbocycles. The maximum absolute atomic E-state index is 13.9. The first-order valence-corrected chi connectivity index (χ1v) is 9.55. The highest BCUT2D eigenvalue weighted by Gasteiger charge is 2.57. The molecule has 2 atom stereocenters. The quantitative estimate of drug-likeness (QED) is 0.707. The molecule has 1 N–H and O–H groups in total. The van der Waals surface area contributed by atoms with Crippen molar-refractivity contribution in [1.29, 1.82) is 0 Å². The average molecular weight is 367 g/mol. The number of rotatable bonds is 2. The van der Waals surface area contributed by atoms with Gasteiger partial charge in [-0.05, 0) is 42.7 Å². The first-order valence-electron chi connectivity index (χ1n) is 9.55. The van der Waals surface area contributed by atoms with Crippen molar-refractivity contribution >= 4 is 23.0 Å². The van der Waals surface area contributed by atoms with Gasteiger partial charge in [0, 0.05) is 5.69 Å². The largest absolute Gasteiger partial charge is 0.377 e. The fraction of sp³-hybridized carbons (Fsp3) is 0.167. The van der Waals surface area contributed by atoms with Crippen molar-refractivity contribution in [2.45, 2.75) is 19.4 Å². The maximum atomic E-state index is 13.9. The van der Waals surface area contributed by atoms with Crippen LogP contribution in [0, 0.1) is 5.41 Å². The van der Waals surface area contributed by atoms with Crippen LogP contribution >= 0.6 is 0 Å². The van der Waals surface area contributed by atoms with Crippen LogP contribution in [0.3, 0.4) is 0 Å². The summed E-state index contributed by atoms with van der Waals surface area (Å²) in [5, 5.41) is 9.95. The molecule has 1 spiro atoms. The second-order valence-corrected chi connectivity index (χ2v) is 7.43. The second kappa shape index (κ2) is 6.34. The summed E-state index contributed by atoms with van der Waals surface area (Å²) in [4.78, 5) is 13.9. The van der Waals surface area contributed by atoms with E-state index in [1.165, 1.54) is 0 Å². The van der Waals surface area contributed by atoms with Gasteiger partial charge in [0.15, 0.2) is 0 Å². The summed E-state index contributed by atoms with van der Waals surface area (Å²) in [6.07, 6.45) is 0.632. The Labute approximate surface area is 164 Å². The SMILES string of the molecule is CC1=NN(c2ccccc2)C(=O)C12Cc1ccccc1NC2c1ccccc1. The Balaban J connectivity index is 1.67. The number of hydrazone groups is 1. The van der Waals surface area contributed by atoms with E-state index in [9.17, 15) is 4.79 Å². The molecule has 2 aliphatic rings. The summed E-state index contributed by atoms with van der Waals surface area (Å²) in [5.41, 5.74) is 4.22. The predicted molar refractivity (Wildman–Crippen MR) is 112 cm³/mol. The lowest BCUT2D eigenvalue weighted by Gasteiger charge is -2.42. The van der Waals surface area contributed by atoms with Gasteiger partial charge >= 0.3 is 0 Å². The molecule has 2 aliphatic heterocycles. The van der Waals surface area contributed by atoms with Crippen LogP contribution in [-0.2, 0) is 11.2 Å². The minimum Gasteiger partial charge on any atom is -0.377 e. The van der Waals surface area contributed by atoms with E-state index in [4.69, 9.17) is 5.10 Å². The molecule has 2 unspecified atom stereocenters. The van der Waals surface area contributed by atoms with E-state index in [0.717, 1.165) is 28.2 Å². The number of anilines is 2. The van der Waals surface area contributed by atoms with Crippen LogP contribution in [-0.4, -0.2) is 11.6 Å². The van der Waals surface area contributed by atoms with E-state index in [2.05, 4.69) is 29.6 Å². The molecule has 0 aromatic heterocycles. The lowest BCUT2D eigenvalue weighted by Crippen LogP contribution is -2.50. The van der Waals surface area contributed by atoms with Crippen molar-refractivity contribution in [2.24, 2.45) is 10.5 Å². The molecule has 4 nitrogen and oxygen atoms in total. The predicted octanol–water partition coefficient (Wildman–Crippen LogP) is 4.81. The fourth-order valence-corrected chi connectivity index (χ4v) is 4.42. The highest BCUT2D eigenvalue weighted by atomic mass is 16.2. The van der Waals surface area contributed by atoms with E-state index in [1.54, 1.807) is 5.01 Å². The van der Waals surface area contributed by atoms with E-state index in [0.29, 0.717) is 6.42 Å². The average Bonchev–Trinajstić information content (AvgIpc) is 3.00. The van der Waals surface area contributed by atoms with Crippen LogP contribution in [0.1, 0.15) is 24.1 Å². The summed E-state index contributed by atoms with van der Waals surface area (Å²) in [6, 6.07) is 27.9. The van der Waals surface area contributed by atoms with Crippen LogP contribution in [0.25, 0.3) is 0 Å². The Morgan fingerprint density at radius 2 is 1.57 bits per heavy atom. The lowest BCUT2D eigenvalue weighted by molar-refractivity contribution is -0.124. The molecule has 4 heteroatoms. The number of nitrogens with one attached hydrogen (secondary N) is 1. The monoisotopic (exact) mass is 367 g/mol. The van der Waals surface area contributed by atoms with Crippen molar-refractivity contribution in [3.8, 4) is 0 Å². The van der Waals surface area contributed by atoms with Crippen LogP contribution in [0.2, 0.25) is 0 Å². The Bertz CT molecular complexity index is 1060. The number of benzene rings is 3. The second-order valence-electron chi connectivity index (χ2n) is 7.43. The molecule has 138 valence electrons. The van der Waals surface area contributed by atoms with E-state index in [-0.39, 0.29) is 11.9 Å². The Morgan fingerprint density at radius 1 is 0.929 bits per heavy atom. The number of nitrogens with zero attached hydrogens (tertiary/aromatic N) is 2. The molecule has 0 aliphatic carbocycles. The molecule has 1 amide bonds. The highest BCUT2D eigenvalue weighted by molar-refractivity contribution is 6.20. The summed E-state index contributed by atoms with van der Waals surface area (Å²) in [7, 11) is 0. The molecule has 5 rings (SSSR count). The Morgan fingerprint density at radius 3 is 2.32 bits per heavy atom. The third kappa shape index (κ3) is 2.38. The Kier molecular flexibility index (Phi) is 3.79. The normalized spacial score (nSPS) is 23.3. The topological polar surface area (TPSA) is 44.7 Å². The number of amides is 1. The van der Waals surface area contributed by atoms with Crippen LogP contribution in [0.15, 0.2) is 90.0 Å². The van der Waals surface area contributed by atoms with Gasteiger partial charge in [-0.15, -0.1) is 0 Å². The van der Waals surface area contributed by atoms with Gasteiger partial charge in [-0.25, -0.2) is 0 Å². The van der Waals surface area contributed by atoms with Crippen molar-refractivity contribution in [3.63, 3.8) is 0 Å². The number of hydrogen-bond donors (Lipinski definition) is 1. The van der Waals surface area contributed by atoms with Crippen molar-refractivity contribution < 1.29 is 4.79 Å². The lowest BCUT2D eigenvalue weighted by atomic mass is 9.67. The zero-order chi connectivity index (χ0) is 19.1. The molecule has 3 aromatic rings. The summed E-state index contributed by atoms with van der Waals surface area (Å²) < 4.78 is 0. The van der Waals surface area contributed by atoms with Gasteiger partial charge < -0.3 is 5.32 Å². The molecule has 28 heavy (non-hydrogen) atoms. The van der Waals surface area contributed by atoms with Gasteiger partial charge in [0.1, 0.15) is 5.41 Å². The summed E-state index contributed by atoms with van der Waals surface area (Å²) in [5.74, 6) is 0.0204. The van der Waals surface area contributed by atoms with Crippen molar-refractivity contribution in [3.05, 3.63) is 96.1 Å². The van der Waals surface area contributed by atoms with E-state index >= 15 is 0 Å². The highest BCUT2D eigenvalue weighted by Crippen LogP contribution is 2.50. The number of carbonyl (C=O) groups excluding carboxylic acids is 1. The third-order valence-electron chi connectivity index (χ3n) is 5.88. The van der Waals surface area contributed by atoms with Gasteiger partial charge in [-0.2, -0.15) is 10.1 Å². The fourth-order valence-electron chi connectivity index (χ4n) is 4.42. The molecule has 0 saturated heterocycles.